The number of aromatic nitrogens is 1. The van der Waals surface area contributed by atoms with E-state index in [0.29, 0.717) is 24.2 Å². The van der Waals surface area contributed by atoms with Gasteiger partial charge in [0.2, 0.25) is 0 Å². The van der Waals surface area contributed by atoms with E-state index in [0.717, 1.165) is 22.9 Å². The zero-order valence-corrected chi connectivity index (χ0v) is 13.6. The summed E-state index contributed by atoms with van der Waals surface area (Å²) in [6, 6.07) is 14.7. The number of benzene rings is 2. The maximum Gasteiger partial charge on any atom is 0.335 e. The fraction of sp³-hybridized carbons (Fsp3) is 0.200. The number of rotatable bonds is 3. The van der Waals surface area contributed by atoms with Crippen LogP contribution in [0.15, 0.2) is 54.7 Å². The summed E-state index contributed by atoms with van der Waals surface area (Å²) < 4.78 is 0. The maximum atomic E-state index is 12.8. The summed E-state index contributed by atoms with van der Waals surface area (Å²) in [5, 5.41) is 10.5. The highest BCUT2D eigenvalue weighted by Gasteiger charge is 2.30. The minimum Gasteiger partial charge on any atom is -0.478 e. The van der Waals surface area contributed by atoms with Gasteiger partial charge in [0, 0.05) is 36.3 Å². The number of amides is 1. The van der Waals surface area contributed by atoms with E-state index < -0.39 is 5.97 Å². The number of nitrogens with one attached hydrogen (secondary N) is 1. The molecule has 2 N–H and O–H groups in total. The molecule has 25 heavy (non-hydrogen) atoms. The Kier molecular flexibility index (Phi) is 3.76. The molecule has 1 saturated heterocycles. The number of fused-ring (bicyclic) bond motifs is 1. The lowest BCUT2D eigenvalue weighted by atomic mass is 9.93. The molecular formula is C20H18N2O3. The van der Waals surface area contributed by atoms with Crippen LogP contribution in [0.25, 0.3) is 10.9 Å². The third-order valence-electron chi connectivity index (χ3n) is 4.91. The fourth-order valence-electron chi connectivity index (χ4n) is 3.61. The third-order valence-corrected chi connectivity index (χ3v) is 4.91. The summed E-state index contributed by atoms with van der Waals surface area (Å²) in [4.78, 5) is 29.2. The Morgan fingerprint density at radius 3 is 2.80 bits per heavy atom. The number of aromatic amines is 1. The topological polar surface area (TPSA) is 73.4 Å². The van der Waals surface area contributed by atoms with Crippen molar-refractivity contribution in [2.45, 2.75) is 12.3 Å². The van der Waals surface area contributed by atoms with Crippen LogP contribution in [0.4, 0.5) is 0 Å². The highest BCUT2D eigenvalue weighted by molar-refractivity contribution is 5.98. The van der Waals surface area contributed by atoms with Gasteiger partial charge < -0.3 is 15.0 Å². The molecule has 1 atom stereocenters. The van der Waals surface area contributed by atoms with E-state index in [1.165, 1.54) is 0 Å². The number of hydrogen-bond acceptors (Lipinski definition) is 2. The summed E-state index contributed by atoms with van der Waals surface area (Å²) in [5.74, 6) is -0.866. The van der Waals surface area contributed by atoms with Crippen LogP contribution in [0, 0.1) is 0 Å². The van der Waals surface area contributed by atoms with Crippen LogP contribution >= 0.6 is 0 Å². The molecular weight excluding hydrogens is 316 g/mol. The van der Waals surface area contributed by atoms with Crippen molar-refractivity contribution in [3.05, 3.63) is 71.4 Å². The van der Waals surface area contributed by atoms with Crippen LogP contribution in [0.5, 0.6) is 0 Å². The average Bonchev–Trinajstić information content (AvgIpc) is 3.29. The number of nitrogens with zero attached hydrogens (tertiary/aromatic N) is 1. The first-order chi connectivity index (χ1) is 12.1. The first kappa shape index (κ1) is 15.4. The summed E-state index contributed by atoms with van der Waals surface area (Å²) in [5.41, 5.74) is 2.74. The van der Waals surface area contributed by atoms with Crippen molar-refractivity contribution in [2.75, 3.05) is 13.1 Å². The molecule has 0 aliphatic carbocycles. The molecule has 1 fully saturated rings. The standard InChI is InChI=1S/C20H18N2O3/c23-19(14-6-5-13-7-9-21-18(13)11-14)22-10-8-15(12-22)16-3-1-2-4-17(16)20(24)25/h1-7,9,11,15,21H,8,10,12H2,(H,24,25)/t15-/m1/s1. The van der Waals surface area contributed by atoms with Gasteiger partial charge in [-0.3, -0.25) is 4.79 Å². The lowest BCUT2D eigenvalue weighted by Crippen LogP contribution is -2.28. The summed E-state index contributed by atoms with van der Waals surface area (Å²) in [6.45, 7) is 1.19. The number of likely N-dealkylation sites (tertiary alicyclic amines) is 1. The predicted octanol–water partition coefficient (Wildman–Crippen LogP) is 3.50. The monoisotopic (exact) mass is 334 g/mol. The van der Waals surface area contributed by atoms with Crippen molar-refractivity contribution in [3.8, 4) is 0 Å². The van der Waals surface area contributed by atoms with Gasteiger partial charge in [0.05, 0.1) is 5.56 Å². The molecule has 2 heterocycles. The highest BCUT2D eigenvalue weighted by atomic mass is 16.4. The number of hydrogen-bond donors (Lipinski definition) is 2. The van der Waals surface area contributed by atoms with Crippen LogP contribution in [0.1, 0.15) is 38.6 Å². The Balaban J connectivity index is 1.56. The smallest absolute Gasteiger partial charge is 0.335 e. The first-order valence-corrected chi connectivity index (χ1v) is 8.32. The van der Waals surface area contributed by atoms with Crippen molar-refractivity contribution in [2.24, 2.45) is 0 Å². The Hall–Kier alpha value is -3.08. The molecule has 1 aliphatic rings. The van der Waals surface area contributed by atoms with Crippen LogP contribution in [0.2, 0.25) is 0 Å². The molecule has 4 rings (SSSR count). The molecule has 0 unspecified atom stereocenters. The van der Waals surface area contributed by atoms with Crippen molar-refractivity contribution in [1.29, 1.82) is 0 Å². The predicted molar refractivity (Wildman–Crippen MR) is 95.0 cm³/mol. The number of carbonyl (C=O) groups excluding carboxylic acids is 1. The fourth-order valence-corrected chi connectivity index (χ4v) is 3.61. The molecule has 126 valence electrons. The van der Waals surface area contributed by atoms with E-state index in [9.17, 15) is 14.7 Å². The zero-order chi connectivity index (χ0) is 17.4. The second-order valence-corrected chi connectivity index (χ2v) is 6.41. The molecule has 3 aromatic rings. The molecule has 1 amide bonds. The van der Waals surface area contributed by atoms with E-state index in [2.05, 4.69) is 4.98 Å². The molecule has 0 saturated carbocycles. The van der Waals surface area contributed by atoms with Gasteiger partial charge >= 0.3 is 5.97 Å². The largest absolute Gasteiger partial charge is 0.478 e. The van der Waals surface area contributed by atoms with E-state index in [1.807, 2.05) is 47.5 Å². The number of carboxylic acids is 1. The Morgan fingerprint density at radius 1 is 1.12 bits per heavy atom. The second-order valence-electron chi connectivity index (χ2n) is 6.41. The van der Waals surface area contributed by atoms with Gasteiger partial charge in [0.1, 0.15) is 0 Å². The average molecular weight is 334 g/mol. The van der Waals surface area contributed by atoms with Crippen LogP contribution in [-0.4, -0.2) is 40.0 Å². The Morgan fingerprint density at radius 2 is 1.96 bits per heavy atom. The quantitative estimate of drug-likeness (QED) is 0.770. The SMILES string of the molecule is O=C(O)c1ccccc1[C@@H]1CCN(C(=O)c2ccc3cc[nH]c3c2)C1. The molecule has 5 heteroatoms. The Bertz CT molecular complexity index is 960. The van der Waals surface area contributed by atoms with E-state index in [-0.39, 0.29) is 11.8 Å². The minimum absolute atomic E-state index is 0.00759. The van der Waals surface area contributed by atoms with Gasteiger partial charge in [0.25, 0.3) is 5.91 Å². The highest BCUT2D eigenvalue weighted by Crippen LogP contribution is 2.30. The maximum absolute atomic E-state index is 12.8. The molecule has 1 aliphatic heterocycles. The number of aromatic carboxylic acids is 1. The van der Waals surface area contributed by atoms with Crippen molar-refractivity contribution >= 4 is 22.8 Å². The van der Waals surface area contributed by atoms with Crippen LogP contribution in [-0.2, 0) is 0 Å². The molecule has 0 radical (unpaired) electrons. The van der Waals surface area contributed by atoms with Gasteiger partial charge in [-0.15, -0.1) is 0 Å². The van der Waals surface area contributed by atoms with E-state index >= 15 is 0 Å². The van der Waals surface area contributed by atoms with Crippen molar-refractivity contribution in [3.63, 3.8) is 0 Å². The normalized spacial score (nSPS) is 17.1. The lowest BCUT2D eigenvalue weighted by Gasteiger charge is -2.17. The molecule has 2 aromatic carbocycles. The van der Waals surface area contributed by atoms with E-state index in [4.69, 9.17) is 0 Å². The molecule has 0 bridgehead atoms. The van der Waals surface area contributed by atoms with Gasteiger partial charge in [0.15, 0.2) is 0 Å². The van der Waals surface area contributed by atoms with Crippen molar-refractivity contribution < 1.29 is 14.7 Å². The minimum atomic E-state index is -0.919. The van der Waals surface area contributed by atoms with Crippen LogP contribution < -0.4 is 0 Å². The number of carboxylic acid groups (broad SMARTS) is 1. The van der Waals surface area contributed by atoms with E-state index in [1.54, 1.807) is 12.1 Å². The zero-order valence-electron chi connectivity index (χ0n) is 13.6. The molecule has 5 nitrogen and oxygen atoms in total. The first-order valence-electron chi connectivity index (χ1n) is 8.32. The third kappa shape index (κ3) is 2.78. The van der Waals surface area contributed by atoms with Gasteiger partial charge in [-0.1, -0.05) is 24.3 Å². The number of H-pyrrole nitrogens is 1. The van der Waals surface area contributed by atoms with Gasteiger partial charge in [-0.2, -0.15) is 0 Å². The summed E-state index contributed by atoms with van der Waals surface area (Å²) in [7, 11) is 0. The molecule has 1 aromatic heterocycles. The lowest BCUT2D eigenvalue weighted by molar-refractivity contribution is 0.0695. The molecule has 0 spiro atoms. The summed E-state index contributed by atoms with van der Waals surface area (Å²) >= 11 is 0. The second kappa shape index (κ2) is 6.09. The Labute approximate surface area is 144 Å². The summed E-state index contributed by atoms with van der Waals surface area (Å²) in [6.07, 6.45) is 2.63. The number of carbonyl (C=O) groups is 2. The van der Waals surface area contributed by atoms with Gasteiger partial charge in [-0.05, 0) is 41.6 Å². The van der Waals surface area contributed by atoms with Crippen molar-refractivity contribution in [1.82, 2.24) is 9.88 Å². The van der Waals surface area contributed by atoms with Crippen LogP contribution in [0.3, 0.4) is 0 Å². The van der Waals surface area contributed by atoms with Gasteiger partial charge in [-0.25, -0.2) is 4.79 Å².